The Morgan fingerprint density at radius 3 is 2.70 bits per heavy atom. The van der Waals surface area contributed by atoms with Crippen LogP contribution in [0.15, 0.2) is 36.4 Å². The highest BCUT2D eigenvalue weighted by atomic mass is 16.5. The second kappa shape index (κ2) is 7.97. The Kier molecular flexibility index (Phi) is 5.99. The summed E-state index contributed by atoms with van der Waals surface area (Å²) in [6, 6.07) is 11.6. The molecule has 0 saturated heterocycles. The van der Waals surface area contributed by atoms with E-state index in [-0.39, 0.29) is 18.6 Å². The van der Waals surface area contributed by atoms with Gasteiger partial charge in [-0.25, -0.2) is 0 Å². The molecular weight excluding hydrogens is 290 g/mol. The molecule has 0 saturated carbocycles. The smallest absolute Gasteiger partial charge is 0.224 e. The summed E-state index contributed by atoms with van der Waals surface area (Å²) in [7, 11) is 1.63. The summed E-state index contributed by atoms with van der Waals surface area (Å²) in [6.45, 7) is 4.12. The molecule has 1 amide bonds. The molecular formula is C19H25NO3. The van der Waals surface area contributed by atoms with Gasteiger partial charge in [-0.2, -0.15) is 0 Å². The number of rotatable bonds is 7. The molecule has 0 fully saturated rings. The largest absolute Gasteiger partial charge is 0.497 e. The maximum absolute atomic E-state index is 12.3. The summed E-state index contributed by atoms with van der Waals surface area (Å²) in [5, 5.41) is 14.4. The Balaban J connectivity index is 2.15. The number of fused-ring (bicyclic) bond motifs is 1. The minimum absolute atomic E-state index is 0.0344. The Labute approximate surface area is 137 Å². The van der Waals surface area contributed by atoms with Gasteiger partial charge in [0, 0.05) is 0 Å². The highest BCUT2D eigenvalue weighted by Crippen LogP contribution is 2.24. The van der Waals surface area contributed by atoms with Crippen LogP contribution >= 0.6 is 0 Å². The first-order chi connectivity index (χ1) is 11.0. The van der Waals surface area contributed by atoms with Gasteiger partial charge in [0.15, 0.2) is 0 Å². The topological polar surface area (TPSA) is 58.6 Å². The van der Waals surface area contributed by atoms with E-state index in [1.165, 1.54) is 0 Å². The van der Waals surface area contributed by atoms with Crippen molar-refractivity contribution < 1.29 is 14.6 Å². The monoisotopic (exact) mass is 315 g/mol. The molecule has 2 rings (SSSR count). The van der Waals surface area contributed by atoms with Gasteiger partial charge in [-0.3, -0.25) is 4.79 Å². The normalized spacial score (nSPS) is 12.4. The molecule has 124 valence electrons. The number of aliphatic hydroxyl groups excluding tert-OH is 1. The molecule has 0 aliphatic carbocycles. The molecule has 1 atom stereocenters. The molecule has 1 unspecified atom stereocenters. The standard InChI is InChI=1S/C19H25NO3/c1-13(2)9-16(12-21)20-19(22)10-15-6-4-5-14-7-8-17(23-3)11-18(14)15/h4-8,11,13,16,21H,9-10,12H2,1-3H3,(H,20,22). The predicted octanol–water partition coefficient (Wildman–Crippen LogP) is 2.91. The van der Waals surface area contributed by atoms with Crippen molar-refractivity contribution in [1.29, 1.82) is 0 Å². The number of ether oxygens (including phenoxy) is 1. The fourth-order valence-corrected chi connectivity index (χ4v) is 2.80. The van der Waals surface area contributed by atoms with Crippen LogP contribution in [-0.4, -0.2) is 30.8 Å². The van der Waals surface area contributed by atoms with Crippen LogP contribution in [0.2, 0.25) is 0 Å². The van der Waals surface area contributed by atoms with Crippen LogP contribution in [0.4, 0.5) is 0 Å². The van der Waals surface area contributed by atoms with Crippen LogP contribution in [0.5, 0.6) is 5.75 Å². The summed E-state index contributed by atoms with van der Waals surface area (Å²) in [5.41, 5.74) is 0.958. The molecule has 4 nitrogen and oxygen atoms in total. The van der Waals surface area contributed by atoms with Gasteiger partial charge in [-0.15, -0.1) is 0 Å². The van der Waals surface area contributed by atoms with E-state index in [0.29, 0.717) is 12.3 Å². The van der Waals surface area contributed by atoms with Gasteiger partial charge in [0.2, 0.25) is 5.91 Å². The van der Waals surface area contributed by atoms with Gasteiger partial charge in [0.25, 0.3) is 0 Å². The first-order valence-electron chi connectivity index (χ1n) is 7.99. The summed E-state index contributed by atoms with van der Waals surface area (Å²) in [4.78, 5) is 12.3. The summed E-state index contributed by atoms with van der Waals surface area (Å²) >= 11 is 0. The fraction of sp³-hybridized carbons (Fsp3) is 0.421. The Morgan fingerprint density at radius 2 is 2.04 bits per heavy atom. The third kappa shape index (κ3) is 4.70. The van der Waals surface area contributed by atoms with Crippen molar-refractivity contribution in [3.8, 4) is 5.75 Å². The second-order valence-electron chi connectivity index (χ2n) is 6.26. The van der Waals surface area contributed by atoms with E-state index in [4.69, 9.17) is 4.74 Å². The quantitative estimate of drug-likeness (QED) is 0.826. The lowest BCUT2D eigenvalue weighted by molar-refractivity contribution is -0.121. The SMILES string of the molecule is COc1ccc2cccc(CC(=O)NC(CO)CC(C)C)c2c1. The summed E-state index contributed by atoms with van der Waals surface area (Å²) in [5.74, 6) is 1.13. The molecule has 0 aliphatic heterocycles. The average Bonchev–Trinajstić information content (AvgIpc) is 2.53. The van der Waals surface area contributed by atoms with Crippen LogP contribution in [0, 0.1) is 5.92 Å². The molecule has 2 aromatic rings. The number of amides is 1. The van der Waals surface area contributed by atoms with Gasteiger partial charge in [-0.05, 0) is 40.8 Å². The zero-order chi connectivity index (χ0) is 16.8. The van der Waals surface area contributed by atoms with E-state index in [2.05, 4.69) is 19.2 Å². The van der Waals surface area contributed by atoms with Crippen LogP contribution in [-0.2, 0) is 11.2 Å². The lowest BCUT2D eigenvalue weighted by atomic mass is 10.0. The molecule has 4 heteroatoms. The Hall–Kier alpha value is -2.07. The van der Waals surface area contributed by atoms with E-state index in [9.17, 15) is 9.90 Å². The molecule has 0 aromatic heterocycles. The molecule has 0 aliphatic rings. The number of carbonyl (C=O) groups is 1. The molecule has 2 N–H and O–H groups in total. The van der Waals surface area contributed by atoms with Crippen molar-refractivity contribution in [2.45, 2.75) is 32.7 Å². The van der Waals surface area contributed by atoms with Crippen molar-refractivity contribution in [3.05, 3.63) is 42.0 Å². The van der Waals surface area contributed by atoms with Crippen molar-refractivity contribution in [2.75, 3.05) is 13.7 Å². The van der Waals surface area contributed by atoms with E-state index in [0.717, 1.165) is 28.5 Å². The number of hydrogen-bond acceptors (Lipinski definition) is 3. The molecule has 0 radical (unpaired) electrons. The first-order valence-corrected chi connectivity index (χ1v) is 7.99. The van der Waals surface area contributed by atoms with Crippen LogP contribution < -0.4 is 10.1 Å². The number of benzene rings is 2. The van der Waals surface area contributed by atoms with E-state index in [1.54, 1.807) is 7.11 Å². The molecule has 0 bridgehead atoms. The lowest BCUT2D eigenvalue weighted by Gasteiger charge is -2.18. The van der Waals surface area contributed by atoms with Gasteiger partial charge in [0.05, 0.1) is 26.2 Å². The van der Waals surface area contributed by atoms with Crippen molar-refractivity contribution in [3.63, 3.8) is 0 Å². The number of methoxy groups -OCH3 is 1. The molecule has 0 heterocycles. The second-order valence-corrected chi connectivity index (χ2v) is 6.26. The Bertz CT molecular complexity index is 667. The number of hydrogen-bond donors (Lipinski definition) is 2. The maximum atomic E-state index is 12.3. The van der Waals surface area contributed by atoms with Crippen molar-refractivity contribution in [1.82, 2.24) is 5.32 Å². The Morgan fingerprint density at radius 1 is 1.26 bits per heavy atom. The van der Waals surface area contributed by atoms with Gasteiger partial charge in [0.1, 0.15) is 5.75 Å². The van der Waals surface area contributed by atoms with Gasteiger partial charge in [-0.1, -0.05) is 38.1 Å². The van der Waals surface area contributed by atoms with Crippen molar-refractivity contribution in [2.24, 2.45) is 5.92 Å². The highest BCUT2D eigenvalue weighted by Gasteiger charge is 2.14. The molecule has 2 aromatic carbocycles. The molecule has 23 heavy (non-hydrogen) atoms. The van der Waals surface area contributed by atoms with E-state index in [1.807, 2.05) is 36.4 Å². The predicted molar refractivity (Wildman–Crippen MR) is 92.7 cm³/mol. The van der Waals surface area contributed by atoms with Gasteiger partial charge >= 0.3 is 0 Å². The zero-order valence-electron chi connectivity index (χ0n) is 14.0. The number of carbonyl (C=O) groups excluding carboxylic acids is 1. The van der Waals surface area contributed by atoms with Crippen molar-refractivity contribution >= 4 is 16.7 Å². The van der Waals surface area contributed by atoms with Gasteiger partial charge < -0.3 is 15.2 Å². The lowest BCUT2D eigenvalue weighted by Crippen LogP contribution is -2.39. The maximum Gasteiger partial charge on any atom is 0.224 e. The average molecular weight is 315 g/mol. The van der Waals surface area contributed by atoms with Crippen LogP contribution in [0.3, 0.4) is 0 Å². The first kappa shape index (κ1) is 17.3. The number of aliphatic hydroxyl groups is 1. The third-order valence-electron chi connectivity index (χ3n) is 3.87. The zero-order valence-corrected chi connectivity index (χ0v) is 14.0. The van der Waals surface area contributed by atoms with E-state index >= 15 is 0 Å². The summed E-state index contributed by atoms with van der Waals surface area (Å²) in [6.07, 6.45) is 1.06. The van der Waals surface area contributed by atoms with E-state index < -0.39 is 0 Å². The molecule has 0 spiro atoms. The fourth-order valence-electron chi connectivity index (χ4n) is 2.80. The highest BCUT2D eigenvalue weighted by molar-refractivity contribution is 5.91. The number of nitrogens with one attached hydrogen (secondary N) is 1. The minimum atomic E-state index is -0.188. The summed E-state index contributed by atoms with van der Waals surface area (Å²) < 4.78 is 5.27. The van der Waals surface area contributed by atoms with Crippen LogP contribution in [0.1, 0.15) is 25.8 Å². The third-order valence-corrected chi connectivity index (χ3v) is 3.87. The van der Waals surface area contributed by atoms with Crippen LogP contribution in [0.25, 0.3) is 10.8 Å². The minimum Gasteiger partial charge on any atom is -0.497 e.